The third kappa shape index (κ3) is 4.69. The van der Waals surface area contributed by atoms with E-state index >= 15 is 0 Å². The number of nitrogens with zero attached hydrogens (tertiary/aromatic N) is 3. The molecule has 0 aliphatic carbocycles. The molecule has 0 fully saturated rings. The molecule has 1 unspecified atom stereocenters. The minimum Gasteiger partial charge on any atom is -0.492 e. The van der Waals surface area contributed by atoms with E-state index < -0.39 is 6.23 Å². The van der Waals surface area contributed by atoms with Gasteiger partial charge in [-0.1, -0.05) is 6.08 Å². The molecule has 0 aliphatic heterocycles. The molecule has 1 aromatic heterocycles. The maximum atomic E-state index is 10.1. The van der Waals surface area contributed by atoms with Gasteiger partial charge in [-0.05, 0) is 39.2 Å². The molecule has 1 heterocycles. The molecular weight excluding hydrogens is 304 g/mol. The maximum absolute atomic E-state index is 10.1. The zero-order valence-electron chi connectivity index (χ0n) is 14.2. The molecule has 1 atom stereocenters. The number of benzene rings is 1. The normalized spacial score (nSPS) is 12.5. The highest BCUT2D eigenvalue weighted by Crippen LogP contribution is 2.30. The third-order valence-electron chi connectivity index (χ3n) is 3.30. The van der Waals surface area contributed by atoms with E-state index in [1.54, 1.807) is 18.2 Å². The lowest BCUT2D eigenvalue weighted by Crippen LogP contribution is -2.18. The van der Waals surface area contributed by atoms with E-state index in [-0.39, 0.29) is 0 Å². The minimum atomic E-state index is -0.839. The molecule has 0 aliphatic rings. The average molecular weight is 326 g/mol. The van der Waals surface area contributed by atoms with Crippen molar-refractivity contribution in [2.24, 2.45) is 0 Å². The number of aromatic nitrogens is 1. The highest BCUT2D eigenvalue weighted by molar-refractivity contribution is 5.86. The predicted octanol–water partition coefficient (Wildman–Crippen LogP) is 2.35. The van der Waals surface area contributed by atoms with Gasteiger partial charge in [0.05, 0.1) is 23.4 Å². The number of anilines is 1. The van der Waals surface area contributed by atoms with Gasteiger partial charge in [-0.2, -0.15) is 5.26 Å². The van der Waals surface area contributed by atoms with Gasteiger partial charge in [-0.25, -0.2) is 0 Å². The Morgan fingerprint density at radius 2 is 2.21 bits per heavy atom. The van der Waals surface area contributed by atoms with Crippen LogP contribution in [0.1, 0.15) is 12.5 Å². The molecule has 24 heavy (non-hydrogen) atoms. The molecule has 2 N–H and O–H groups in total. The van der Waals surface area contributed by atoms with Crippen LogP contribution in [0.2, 0.25) is 0 Å². The molecule has 6 nitrogen and oxygen atoms in total. The van der Waals surface area contributed by atoms with Crippen LogP contribution >= 0.6 is 0 Å². The van der Waals surface area contributed by atoms with Crippen molar-refractivity contribution in [3.05, 3.63) is 42.1 Å². The molecule has 0 radical (unpaired) electrons. The monoisotopic (exact) mass is 326 g/mol. The first-order valence-electron chi connectivity index (χ1n) is 7.76. The van der Waals surface area contributed by atoms with Crippen LogP contribution in [0.25, 0.3) is 10.9 Å². The van der Waals surface area contributed by atoms with Crippen LogP contribution in [0.4, 0.5) is 5.69 Å². The van der Waals surface area contributed by atoms with Crippen molar-refractivity contribution in [1.29, 1.82) is 5.26 Å². The van der Waals surface area contributed by atoms with E-state index in [0.29, 0.717) is 23.6 Å². The Hall–Kier alpha value is -2.62. The van der Waals surface area contributed by atoms with E-state index in [4.69, 9.17) is 10.00 Å². The number of likely N-dealkylation sites (N-methyl/N-ethyl adjacent to an activating group) is 1. The fourth-order valence-electron chi connectivity index (χ4n) is 2.21. The van der Waals surface area contributed by atoms with Crippen molar-refractivity contribution in [3.63, 3.8) is 0 Å². The fourth-order valence-corrected chi connectivity index (χ4v) is 2.21. The Kier molecular flexibility index (Phi) is 6.13. The molecule has 2 rings (SSSR count). The predicted molar refractivity (Wildman–Crippen MR) is 95.0 cm³/mol. The summed E-state index contributed by atoms with van der Waals surface area (Å²) in [5.41, 5.74) is 1.88. The van der Waals surface area contributed by atoms with Crippen molar-refractivity contribution < 1.29 is 9.84 Å². The van der Waals surface area contributed by atoms with Crippen LogP contribution in [-0.4, -0.2) is 48.5 Å². The standard InChI is InChI=1S/C18H22N4O2/c1-4-24-17-10-15-14(8-13(11-19)12-20-15)9-16(17)21-18(23)6-5-7-22(2)3/h5-6,8-10,12,18,21,23H,4,7H2,1-3H3. The number of aliphatic hydroxyl groups is 1. The Morgan fingerprint density at radius 1 is 1.42 bits per heavy atom. The number of fused-ring (bicyclic) bond motifs is 1. The van der Waals surface area contributed by atoms with Crippen LogP contribution in [0.15, 0.2) is 36.5 Å². The molecule has 126 valence electrons. The van der Waals surface area contributed by atoms with Gasteiger partial charge >= 0.3 is 0 Å². The van der Waals surface area contributed by atoms with Crippen LogP contribution < -0.4 is 10.1 Å². The summed E-state index contributed by atoms with van der Waals surface area (Å²) < 4.78 is 5.63. The Bertz CT molecular complexity index is 765. The number of pyridine rings is 1. The quantitative estimate of drug-likeness (QED) is 0.600. The number of nitrogens with one attached hydrogen (secondary N) is 1. The van der Waals surface area contributed by atoms with Crippen LogP contribution in [0, 0.1) is 11.3 Å². The zero-order valence-corrected chi connectivity index (χ0v) is 14.2. The lowest BCUT2D eigenvalue weighted by Gasteiger charge is -2.16. The fraction of sp³-hybridized carbons (Fsp3) is 0.333. The molecule has 0 bridgehead atoms. The molecule has 0 saturated heterocycles. The number of hydrogen-bond donors (Lipinski definition) is 2. The zero-order chi connectivity index (χ0) is 17.5. The van der Waals surface area contributed by atoms with Crippen molar-refractivity contribution in [1.82, 2.24) is 9.88 Å². The van der Waals surface area contributed by atoms with E-state index in [1.807, 2.05) is 38.1 Å². The van der Waals surface area contributed by atoms with Crippen molar-refractivity contribution in [2.75, 3.05) is 32.6 Å². The summed E-state index contributed by atoms with van der Waals surface area (Å²) >= 11 is 0. The largest absolute Gasteiger partial charge is 0.492 e. The first kappa shape index (κ1) is 17.7. The Labute approximate surface area is 142 Å². The summed E-state index contributed by atoms with van der Waals surface area (Å²) in [6, 6.07) is 7.47. The molecule has 0 amide bonds. The highest BCUT2D eigenvalue weighted by atomic mass is 16.5. The van der Waals surface area contributed by atoms with Crippen LogP contribution in [0.5, 0.6) is 5.75 Å². The summed E-state index contributed by atoms with van der Waals surface area (Å²) in [6.45, 7) is 3.14. The SMILES string of the molecule is CCOc1cc2ncc(C#N)cc2cc1NC(O)C=CCN(C)C. The topological polar surface area (TPSA) is 81.4 Å². The van der Waals surface area contributed by atoms with Gasteiger partial charge in [0.1, 0.15) is 18.0 Å². The second-order valence-electron chi connectivity index (χ2n) is 5.59. The lowest BCUT2D eigenvalue weighted by molar-refractivity contribution is 0.250. The second-order valence-corrected chi connectivity index (χ2v) is 5.59. The molecule has 0 saturated carbocycles. The maximum Gasteiger partial charge on any atom is 0.144 e. The van der Waals surface area contributed by atoms with Crippen LogP contribution in [0.3, 0.4) is 0 Å². The van der Waals surface area contributed by atoms with Gasteiger partial charge in [0.25, 0.3) is 0 Å². The van der Waals surface area contributed by atoms with E-state index in [9.17, 15) is 5.11 Å². The number of ether oxygens (including phenoxy) is 1. The molecule has 1 aromatic carbocycles. The van der Waals surface area contributed by atoms with Gasteiger partial charge in [0.15, 0.2) is 0 Å². The Balaban J connectivity index is 2.30. The first-order chi connectivity index (χ1) is 11.5. The smallest absolute Gasteiger partial charge is 0.144 e. The van der Waals surface area contributed by atoms with Crippen molar-refractivity contribution in [3.8, 4) is 11.8 Å². The minimum absolute atomic E-state index is 0.490. The second kappa shape index (κ2) is 8.29. The number of nitriles is 1. The van der Waals surface area contributed by atoms with E-state index in [2.05, 4.69) is 16.4 Å². The van der Waals surface area contributed by atoms with E-state index in [1.165, 1.54) is 6.20 Å². The third-order valence-corrected chi connectivity index (χ3v) is 3.30. The number of rotatable bonds is 7. The lowest BCUT2D eigenvalue weighted by atomic mass is 10.1. The summed E-state index contributed by atoms with van der Waals surface area (Å²) in [7, 11) is 3.92. The Morgan fingerprint density at radius 3 is 2.88 bits per heavy atom. The molecular formula is C18H22N4O2. The van der Waals surface area contributed by atoms with Gasteiger partial charge in [-0.15, -0.1) is 0 Å². The number of aliphatic hydroxyl groups excluding tert-OH is 1. The molecule has 0 spiro atoms. The van der Waals surface area contributed by atoms with Gasteiger partial charge < -0.3 is 20.1 Å². The summed E-state index contributed by atoms with van der Waals surface area (Å²) in [4.78, 5) is 6.27. The summed E-state index contributed by atoms with van der Waals surface area (Å²) in [5, 5.41) is 23.0. The molecule has 6 heteroatoms. The summed E-state index contributed by atoms with van der Waals surface area (Å²) in [5.74, 6) is 0.613. The molecule has 2 aromatic rings. The van der Waals surface area contributed by atoms with E-state index in [0.717, 1.165) is 17.4 Å². The highest BCUT2D eigenvalue weighted by Gasteiger charge is 2.10. The average Bonchev–Trinajstić information content (AvgIpc) is 2.54. The summed E-state index contributed by atoms with van der Waals surface area (Å²) in [6.07, 6.45) is 4.26. The van der Waals surface area contributed by atoms with Crippen molar-refractivity contribution in [2.45, 2.75) is 13.2 Å². The van der Waals surface area contributed by atoms with Crippen molar-refractivity contribution >= 4 is 16.6 Å². The van der Waals surface area contributed by atoms with Crippen LogP contribution in [-0.2, 0) is 0 Å². The van der Waals surface area contributed by atoms with Gasteiger partial charge in [-0.3, -0.25) is 4.98 Å². The number of hydrogen-bond acceptors (Lipinski definition) is 6. The van der Waals surface area contributed by atoms with Gasteiger partial charge in [0, 0.05) is 24.2 Å². The van der Waals surface area contributed by atoms with Gasteiger partial charge in [0.2, 0.25) is 0 Å². The first-order valence-corrected chi connectivity index (χ1v) is 7.76.